The number of rotatable bonds is 4. The molecule has 0 bridgehead atoms. The predicted molar refractivity (Wildman–Crippen MR) is 115 cm³/mol. The zero-order valence-corrected chi connectivity index (χ0v) is 17.9. The fourth-order valence-corrected chi connectivity index (χ4v) is 5.40. The van der Waals surface area contributed by atoms with Crippen LogP contribution in [0.5, 0.6) is 0 Å². The van der Waals surface area contributed by atoms with Crippen LogP contribution in [-0.4, -0.2) is 39.9 Å². The SMILES string of the molecule is Cc1sc2nc(C(C)N3CCC(NC(=O)c4cccs4)CC3)[nH]c(=O)c2c1C. The average Bonchev–Trinajstić information content (AvgIpc) is 3.31. The van der Waals surface area contributed by atoms with Crippen molar-refractivity contribution in [2.45, 2.75) is 45.7 Å². The van der Waals surface area contributed by atoms with Gasteiger partial charge in [-0.1, -0.05) is 6.07 Å². The van der Waals surface area contributed by atoms with Gasteiger partial charge in [0.25, 0.3) is 11.5 Å². The minimum Gasteiger partial charge on any atom is -0.349 e. The predicted octanol–water partition coefficient (Wildman–Crippen LogP) is 3.62. The van der Waals surface area contributed by atoms with Gasteiger partial charge in [0, 0.05) is 24.0 Å². The molecule has 1 amide bonds. The number of hydrogen-bond donors (Lipinski definition) is 2. The summed E-state index contributed by atoms with van der Waals surface area (Å²) in [4.78, 5) is 37.6. The average molecular weight is 417 g/mol. The number of aromatic amines is 1. The summed E-state index contributed by atoms with van der Waals surface area (Å²) < 4.78 is 0. The first-order valence-electron chi connectivity index (χ1n) is 9.52. The molecular formula is C20H24N4O2S2. The van der Waals surface area contributed by atoms with Crippen molar-refractivity contribution in [3.8, 4) is 0 Å². The van der Waals surface area contributed by atoms with Crippen molar-refractivity contribution < 1.29 is 4.79 Å². The van der Waals surface area contributed by atoms with Gasteiger partial charge in [-0.2, -0.15) is 0 Å². The Hall–Kier alpha value is -2.03. The highest BCUT2D eigenvalue weighted by atomic mass is 32.1. The van der Waals surface area contributed by atoms with Crippen LogP contribution in [0.3, 0.4) is 0 Å². The van der Waals surface area contributed by atoms with E-state index in [1.165, 1.54) is 11.3 Å². The van der Waals surface area contributed by atoms with Crippen LogP contribution >= 0.6 is 22.7 Å². The molecule has 0 radical (unpaired) electrons. The molecular weight excluding hydrogens is 392 g/mol. The summed E-state index contributed by atoms with van der Waals surface area (Å²) >= 11 is 3.04. The second kappa shape index (κ2) is 7.77. The Morgan fingerprint density at radius 3 is 2.79 bits per heavy atom. The first-order valence-corrected chi connectivity index (χ1v) is 11.2. The maximum absolute atomic E-state index is 12.6. The Kier molecular flexibility index (Phi) is 5.35. The van der Waals surface area contributed by atoms with Crippen LogP contribution in [0.4, 0.5) is 0 Å². The fourth-order valence-electron chi connectivity index (χ4n) is 3.74. The molecule has 0 spiro atoms. The molecule has 1 unspecified atom stereocenters. The summed E-state index contributed by atoms with van der Waals surface area (Å²) in [5.74, 6) is 0.737. The molecule has 148 valence electrons. The number of H-pyrrole nitrogens is 1. The van der Waals surface area contributed by atoms with Gasteiger partial charge in [-0.15, -0.1) is 22.7 Å². The summed E-state index contributed by atoms with van der Waals surface area (Å²) in [6.07, 6.45) is 1.79. The number of piperidine rings is 1. The number of likely N-dealkylation sites (tertiary alicyclic amines) is 1. The number of carbonyl (C=O) groups excluding carboxylic acids is 1. The Morgan fingerprint density at radius 2 is 2.11 bits per heavy atom. The lowest BCUT2D eigenvalue weighted by molar-refractivity contribution is 0.0897. The standard InChI is InChI=1S/C20H24N4O2S2/c1-11-13(3)28-20-16(11)19(26)22-17(23-20)12(2)24-8-6-14(7-9-24)21-18(25)15-5-4-10-27-15/h4-5,10,12,14H,6-9H2,1-3H3,(H,21,25)(H,22,23,26). The molecule has 1 fully saturated rings. The smallest absolute Gasteiger partial charge is 0.261 e. The number of hydrogen-bond acceptors (Lipinski definition) is 6. The molecule has 0 aliphatic carbocycles. The quantitative estimate of drug-likeness (QED) is 0.681. The molecule has 3 aromatic heterocycles. The number of aromatic nitrogens is 2. The van der Waals surface area contributed by atoms with Crippen LogP contribution in [0.25, 0.3) is 10.2 Å². The molecule has 4 heterocycles. The van der Waals surface area contributed by atoms with Gasteiger partial charge in [0.05, 0.1) is 16.3 Å². The molecule has 8 heteroatoms. The van der Waals surface area contributed by atoms with Crippen LogP contribution in [0.2, 0.25) is 0 Å². The molecule has 0 aromatic carbocycles. The second-order valence-electron chi connectivity index (χ2n) is 7.35. The maximum atomic E-state index is 12.6. The largest absolute Gasteiger partial charge is 0.349 e. The molecule has 6 nitrogen and oxygen atoms in total. The van der Waals surface area contributed by atoms with Gasteiger partial charge in [0.2, 0.25) is 0 Å². The number of aryl methyl sites for hydroxylation is 2. The van der Waals surface area contributed by atoms with Gasteiger partial charge in [0.15, 0.2) is 0 Å². The Labute approximate surface area is 171 Å². The van der Waals surface area contributed by atoms with Crippen LogP contribution in [0.1, 0.15) is 51.7 Å². The summed E-state index contributed by atoms with van der Waals surface area (Å²) in [5.41, 5.74) is 0.974. The lowest BCUT2D eigenvalue weighted by atomic mass is 10.0. The lowest BCUT2D eigenvalue weighted by Crippen LogP contribution is -2.45. The van der Waals surface area contributed by atoms with Gasteiger partial charge >= 0.3 is 0 Å². The molecule has 1 aliphatic rings. The van der Waals surface area contributed by atoms with Crippen molar-refractivity contribution in [2.24, 2.45) is 0 Å². The van der Waals surface area contributed by atoms with Gasteiger partial charge < -0.3 is 10.3 Å². The highest BCUT2D eigenvalue weighted by molar-refractivity contribution is 7.18. The van der Waals surface area contributed by atoms with E-state index in [1.54, 1.807) is 11.3 Å². The van der Waals surface area contributed by atoms with Crippen molar-refractivity contribution in [3.63, 3.8) is 0 Å². The van der Waals surface area contributed by atoms with E-state index in [9.17, 15) is 9.59 Å². The number of nitrogens with one attached hydrogen (secondary N) is 2. The van der Waals surface area contributed by atoms with E-state index in [2.05, 4.69) is 22.1 Å². The van der Waals surface area contributed by atoms with E-state index in [1.807, 2.05) is 31.4 Å². The number of nitrogens with zero attached hydrogens (tertiary/aromatic N) is 2. The molecule has 1 atom stereocenters. The normalized spacial score (nSPS) is 17.1. The molecule has 28 heavy (non-hydrogen) atoms. The van der Waals surface area contributed by atoms with Gasteiger partial charge in [-0.3, -0.25) is 14.5 Å². The molecule has 2 N–H and O–H groups in total. The third-order valence-corrected chi connectivity index (χ3v) is 7.58. The Balaban J connectivity index is 1.43. The monoisotopic (exact) mass is 416 g/mol. The molecule has 3 aromatic rings. The highest BCUT2D eigenvalue weighted by Crippen LogP contribution is 2.28. The summed E-state index contributed by atoms with van der Waals surface area (Å²) in [6.45, 7) is 7.81. The number of thiophene rings is 2. The molecule has 4 rings (SSSR count). The summed E-state index contributed by atoms with van der Waals surface area (Å²) in [7, 11) is 0. The van der Waals surface area contributed by atoms with Crippen molar-refractivity contribution in [1.29, 1.82) is 0 Å². The van der Waals surface area contributed by atoms with E-state index in [0.29, 0.717) is 5.39 Å². The zero-order valence-electron chi connectivity index (χ0n) is 16.2. The van der Waals surface area contributed by atoms with Crippen molar-refractivity contribution in [1.82, 2.24) is 20.2 Å². The van der Waals surface area contributed by atoms with E-state index >= 15 is 0 Å². The Morgan fingerprint density at radius 1 is 1.36 bits per heavy atom. The van der Waals surface area contributed by atoms with Gasteiger partial charge in [-0.05, 0) is 50.6 Å². The van der Waals surface area contributed by atoms with Crippen LogP contribution in [0, 0.1) is 13.8 Å². The summed E-state index contributed by atoms with van der Waals surface area (Å²) in [6, 6.07) is 3.97. The zero-order chi connectivity index (χ0) is 19.8. The van der Waals surface area contributed by atoms with Crippen molar-refractivity contribution in [2.75, 3.05) is 13.1 Å². The first kappa shape index (κ1) is 19.3. The van der Waals surface area contributed by atoms with Crippen molar-refractivity contribution in [3.05, 3.63) is 49.0 Å². The van der Waals surface area contributed by atoms with E-state index in [4.69, 9.17) is 4.98 Å². The second-order valence-corrected chi connectivity index (χ2v) is 9.50. The minimum absolute atomic E-state index is 0.0152. The third-order valence-electron chi connectivity index (χ3n) is 5.61. The fraction of sp³-hybridized carbons (Fsp3) is 0.450. The maximum Gasteiger partial charge on any atom is 0.261 e. The van der Waals surface area contributed by atoms with Crippen LogP contribution in [-0.2, 0) is 0 Å². The number of fused-ring (bicyclic) bond motifs is 1. The number of carbonyl (C=O) groups is 1. The third kappa shape index (κ3) is 3.64. The molecule has 1 saturated heterocycles. The van der Waals surface area contributed by atoms with E-state index < -0.39 is 0 Å². The first-order chi connectivity index (χ1) is 13.4. The summed E-state index contributed by atoms with van der Waals surface area (Å²) in [5, 5.41) is 5.77. The van der Waals surface area contributed by atoms with Crippen LogP contribution in [0.15, 0.2) is 22.3 Å². The van der Waals surface area contributed by atoms with Gasteiger partial charge in [0.1, 0.15) is 10.7 Å². The van der Waals surface area contributed by atoms with E-state index in [-0.39, 0.29) is 23.6 Å². The highest BCUT2D eigenvalue weighted by Gasteiger charge is 2.26. The van der Waals surface area contributed by atoms with Crippen molar-refractivity contribution >= 4 is 38.8 Å². The lowest BCUT2D eigenvalue weighted by Gasteiger charge is -2.35. The van der Waals surface area contributed by atoms with Crippen LogP contribution < -0.4 is 10.9 Å². The molecule has 0 saturated carbocycles. The Bertz CT molecular complexity index is 1050. The van der Waals surface area contributed by atoms with Gasteiger partial charge in [-0.25, -0.2) is 4.98 Å². The van der Waals surface area contributed by atoms with E-state index in [0.717, 1.165) is 51.9 Å². The molecule has 1 aliphatic heterocycles. The topological polar surface area (TPSA) is 78.1 Å². The number of amides is 1. The minimum atomic E-state index is -0.0493.